The zero-order valence-corrected chi connectivity index (χ0v) is 21.5. The first-order chi connectivity index (χ1) is 18.1. The van der Waals surface area contributed by atoms with E-state index in [9.17, 15) is 14.0 Å². The summed E-state index contributed by atoms with van der Waals surface area (Å²) in [5, 5.41) is 3.00. The van der Waals surface area contributed by atoms with Crippen LogP contribution in [0.1, 0.15) is 40.7 Å². The van der Waals surface area contributed by atoms with Crippen LogP contribution in [0.4, 0.5) is 10.1 Å². The molecule has 1 N–H and O–H groups in total. The molecule has 1 fully saturated rings. The Morgan fingerprint density at radius 2 is 1.70 bits per heavy atom. The van der Waals surface area contributed by atoms with Crippen molar-refractivity contribution >= 4 is 35.3 Å². The van der Waals surface area contributed by atoms with Gasteiger partial charge in [0.2, 0.25) is 0 Å². The van der Waals surface area contributed by atoms with Crippen LogP contribution in [0.5, 0.6) is 0 Å². The van der Waals surface area contributed by atoms with Gasteiger partial charge in [-0.05, 0) is 80.9 Å². The predicted molar refractivity (Wildman–Crippen MR) is 147 cm³/mol. The maximum Gasteiger partial charge on any atom is 0.265 e. The molecule has 37 heavy (non-hydrogen) atoms. The van der Waals surface area contributed by atoms with Crippen LogP contribution >= 0.6 is 11.8 Å². The molecule has 0 bridgehead atoms. The van der Waals surface area contributed by atoms with Crippen molar-refractivity contribution in [3.05, 3.63) is 100 Å². The summed E-state index contributed by atoms with van der Waals surface area (Å²) in [5.41, 5.74) is 2.66. The first-order valence-electron chi connectivity index (χ1n) is 12.7. The zero-order chi connectivity index (χ0) is 25.6. The maximum absolute atomic E-state index is 14.4. The number of thioether (sulfide) groups is 1. The van der Waals surface area contributed by atoms with Crippen LogP contribution < -0.4 is 10.2 Å². The van der Waals surface area contributed by atoms with Gasteiger partial charge in [-0.1, -0.05) is 54.2 Å². The van der Waals surface area contributed by atoms with Gasteiger partial charge in [-0.2, -0.15) is 0 Å². The lowest BCUT2D eigenvalue weighted by Crippen LogP contribution is -2.34. The van der Waals surface area contributed by atoms with E-state index < -0.39 is 0 Å². The molecule has 0 aromatic heterocycles. The van der Waals surface area contributed by atoms with Crippen LogP contribution in [0.3, 0.4) is 0 Å². The van der Waals surface area contributed by atoms with Crippen LogP contribution in [0, 0.1) is 5.82 Å². The smallest absolute Gasteiger partial charge is 0.265 e. The highest BCUT2D eigenvalue weighted by atomic mass is 32.2. The maximum atomic E-state index is 14.4. The summed E-state index contributed by atoms with van der Waals surface area (Å²) in [6.07, 6.45) is 5.32. The average molecular weight is 516 g/mol. The molecule has 0 saturated carbocycles. The minimum atomic E-state index is -0.332. The number of carbonyl (C=O) groups is 2. The van der Waals surface area contributed by atoms with Crippen molar-refractivity contribution in [2.24, 2.45) is 0 Å². The quantitative estimate of drug-likeness (QED) is 0.308. The highest BCUT2D eigenvalue weighted by Gasteiger charge is 2.29. The Morgan fingerprint density at radius 3 is 2.49 bits per heavy atom. The van der Waals surface area contributed by atoms with Crippen molar-refractivity contribution in [1.29, 1.82) is 0 Å². The van der Waals surface area contributed by atoms with E-state index in [4.69, 9.17) is 0 Å². The molecule has 2 amide bonds. The second-order valence-electron chi connectivity index (χ2n) is 9.34. The van der Waals surface area contributed by atoms with Crippen molar-refractivity contribution in [1.82, 2.24) is 10.2 Å². The van der Waals surface area contributed by atoms with Crippen LogP contribution in [-0.2, 0) is 11.3 Å². The third-order valence-electron chi connectivity index (χ3n) is 6.72. The van der Waals surface area contributed by atoms with E-state index in [0.29, 0.717) is 22.6 Å². The Hall–Kier alpha value is -3.42. The molecule has 3 aromatic carbocycles. The number of hydrogen-bond acceptors (Lipinski definition) is 4. The number of nitrogens with one attached hydrogen (secondary N) is 1. The lowest BCUT2D eigenvalue weighted by atomic mass is 10.1. The lowest BCUT2D eigenvalue weighted by Gasteiger charge is -2.30. The molecule has 7 heteroatoms. The topological polar surface area (TPSA) is 52.7 Å². The first kappa shape index (κ1) is 25.2. The number of fused-ring (bicyclic) bond motifs is 1. The van der Waals surface area contributed by atoms with Crippen molar-refractivity contribution in [3.8, 4) is 0 Å². The molecule has 2 aliphatic heterocycles. The third kappa shape index (κ3) is 6.12. The highest BCUT2D eigenvalue weighted by Crippen LogP contribution is 2.42. The zero-order valence-electron chi connectivity index (χ0n) is 20.7. The second kappa shape index (κ2) is 11.8. The normalized spacial score (nSPS) is 16.7. The summed E-state index contributed by atoms with van der Waals surface area (Å²) >= 11 is 1.41. The molecular formula is C30H30FN3O2S. The number of likely N-dealkylation sites (tertiary alicyclic amines) is 1. The van der Waals surface area contributed by atoms with Gasteiger partial charge in [0, 0.05) is 22.6 Å². The predicted octanol–water partition coefficient (Wildman–Crippen LogP) is 5.72. The molecule has 5 nitrogen and oxygen atoms in total. The molecule has 2 heterocycles. The molecule has 190 valence electrons. The van der Waals surface area contributed by atoms with E-state index >= 15 is 0 Å². The number of nitrogens with zero attached hydrogens (tertiary/aromatic N) is 2. The summed E-state index contributed by atoms with van der Waals surface area (Å²) in [6, 6.07) is 21.5. The van der Waals surface area contributed by atoms with E-state index in [1.54, 1.807) is 35.2 Å². The first-order valence-corrected chi connectivity index (χ1v) is 13.5. The molecule has 3 aromatic rings. The fourth-order valence-electron chi connectivity index (χ4n) is 4.71. The van der Waals surface area contributed by atoms with E-state index in [0.717, 1.165) is 42.2 Å². The van der Waals surface area contributed by atoms with Gasteiger partial charge in [0.25, 0.3) is 11.8 Å². The number of halogens is 1. The fraction of sp³-hybridized carbons (Fsp3) is 0.267. The molecule has 0 aliphatic carbocycles. The number of rotatable bonds is 8. The number of anilines is 1. The Labute approximate surface area is 221 Å². The minimum Gasteiger partial charge on any atom is -0.352 e. The van der Waals surface area contributed by atoms with Crippen LogP contribution in [0.25, 0.3) is 6.08 Å². The molecule has 0 radical (unpaired) electrons. The van der Waals surface area contributed by atoms with Gasteiger partial charge in [-0.25, -0.2) is 4.39 Å². The molecule has 0 spiro atoms. The minimum absolute atomic E-state index is 0.0891. The molecule has 5 rings (SSSR count). The van der Waals surface area contributed by atoms with E-state index in [-0.39, 0.29) is 24.2 Å². The van der Waals surface area contributed by atoms with Crippen LogP contribution in [0.2, 0.25) is 0 Å². The Bertz CT molecular complexity index is 1300. The molecule has 0 atom stereocenters. The van der Waals surface area contributed by atoms with Gasteiger partial charge in [0.15, 0.2) is 0 Å². The SMILES string of the molecule is O=C(NCCCN1CCCC1)c1ccc(/C=C2/Sc3ccccc3N(Cc3ccccc3F)C2=O)cc1. The average Bonchev–Trinajstić information content (AvgIpc) is 3.44. The number of amides is 2. The monoisotopic (exact) mass is 515 g/mol. The Kier molecular flexibility index (Phi) is 8.02. The van der Waals surface area contributed by atoms with Gasteiger partial charge in [-0.3, -0.25) is 9.59 Å². The number of benzene rings is 3. The van der Waals surface area contributed by atoms with Gasteiger partial charge < -0.3 is 15.1 Å². The summed E-state index contributed by atoms with van der Waals surface area (Å²) < 4.78 is 14.4. The second-order valence-corrected chi connectivity index (χ2v) is 10.4. The van der Waals surface area contributed by atoms with E-state index in [1.165, 1.54) is 30.7 Å². The Morgan fingerprint density at radius 1 is 0.973 bits per heavy atom. The van der Waals surface area contributed by atoms with Crippen molar-refractivity contribution in [3.63, 3.8) is 0 Å². The van der Waals surface area contributed by atoms with Crippen molar-refractivity contribution in [2.75, 3.05) is 31.1 Å². The summed E-state index contributed by atoms with van der Waals surface area (Å²) in [7, 11) is 0. The largest absolute Gasteiger partial charge is 0.352 e. The standard InChI is InChI=1S/C30H30FN3O2S/c31-25-9-2-1-8-24(25)21-34-26-10-3-4-11-27(26)37-28(30(34)36)20-22-12-14-23(15-13-22)29(35)32-16-7-19-33-17-5-6-18-33/h1-4,8-15,20H,5-7,16-19,21H2,(H,32,35)/b28-20+. The molecule has 0 unspecified atom stereocenters. The summed E-state index contributed by atoms with van der Waals surface area (Å²) in [5.74, 6) is -0.595. The Balaban J connectivity index is 1.27. The van der Waals surface area contributed by atoms with Crippen molar-refractivity contribution in [2.45, 2.75) is 30.7 Å². The number of carbonyl (C=O) groups excluding carboxylic acids is 2. The van der Waals surface area contributed by atoms with Crippen LogP contribution in [0.15, 0.2) is 82.6 Å². The molecule has 2 aliphatic rings. The van der Waals surface area contributed by atoms with Gasteiger partial charge in [0.1, 0.15) is 5.82 Å². The fourth-order valence-corrected chi connectivity index (χ4v) is 5.77. The summed E-state index contributed by atoms with van der Waals surface area (Å²) in [6.45, 7) is 4.16. The third-order valence-corrected chi connectivity index (χ3v) is 7.80. The number of para-hydroxylation sites is 1. The van der Waals surface area contributed by atoms with Crippen molar-refractivity contribution < 1.29 is 14.0 Å². The van der Waals surface area contributed by atoms with Crippen LogP contribution in [-0.4, -0.2) is 42.9 Å². The lowest BCUT2D eigenvalue weighted by molar-refractivity contribution is -0.114. The van der Waals surface area contributed by atoms with Gasteiger partial charge >= 0.3 is 0 Å². The van der Waals surface area contributed by atoms with E-state index in [2.05, 4.69) is 10.2 Å². The van der Waals surface area contributed by atoms with Gasteiger partial charge in [0.05, 0.1) is 17.1 Å². The van der Waals surface area contributed by atoms with Gasteiger partial charge in [-0.15, -0.1) is 0 Å². The highest BCUT2D eigenvalue weighted by molar-refractivity contribution is 8.04. The molecule has 1 saturated heterocycles. The van der Waals surface area contributed by atoms with E-state index in [1.807, 2.05) is 42.5 Å². The summed E-state index contributed by atoms with van der Waals surface area (Å²) in [4.78, 5) is 31.6. The molecular weight excluding hydrogens is 485 g/mol. The number of hydrogen-bond donors (Lipinski definition) is 1.